The van der Waals surface area contributed by atoms with Crippen LogP contribution in [0.2, 0.25) is 0 Å². The summed E-state index contributed by atoms with van der Waals surface area (Å²) in [6, 6.07) is 12.0. The van der Waals surface area contributed by atoms with Crippen LogP contribution in [0.4, 0.5) is 9.18 Å². The molecule has 0 aromatic heterocycles. The molecule has 0 atom stereocenters. The summed E-state index contributed by atoms with van der Waals surface area (Å²) in [7, 11) is 1.60. The Labute approximate surface area is 153 Å². The molecule has 0 unspecified atom stereocenters. The second kappa shape index (κ2) is 10.3. The Bertz CT molecular complexity index is 722. The molecule has 0 saturated carbocycles. The molecule has 0 fully saturated rings. The van der Waals surface area contributed by atoms with Crippen LogP contribution in [0.3, 0.4) is 0 Å². The van der Waals surface area contributed by atoms with Gasteiger partial charge in [0.25, 0.3) is 0 Å². The zero-order valence-corrected chi connectivity index (χ0v) is 15.2. The van der Waals surface area contributed by atoms with Crippen molar-refractivity contribution in [3.05, 3.63) is 59.4 Å². The Morgan fingerprint density at radius 1 is 1.04 bits per heavy atom. The Morgan fingerprint density at radius 2 is 1.77 bits per heavy atom. The largest absolute Gasteiger partial charge is 0.493 e. The van der Waals surface area contributed by atoms with E-state index in [-0.39, 0.29) is 11.8 Å². The smallest absolute Gasteiger partial charge is 0.314 e. The molecular weight excluding hydrogens is 335 g/mol. The lowest BCUT2D eigenvalue weighted by Gasteiger charge is -2.11. The van der Waals surface area contributed by atoms with Gasteiger partial charge in [-0.3, -0.25) is 0 Å². The monoisotopic (exact) mass is 360 g/mol. The number of nitrogens with one attached hydrogen (secondary N) is 2. The molecule has 140 valence electrons. The molecule has 0 saturated heterocycles. The fourth-order valence-electron chi connectivity index (χ4n) is 2.54. The van der Waals surface area contributed by atoms with Crippen molar-refractivity contribution in [3.63, 3.8) is 0 Å². The molecule has 0 aliphatic carbocycles. The zero-order valence-electron chi connectivity index (χ0n) is 15.2. The van der Waals surface area contributed by atoms with Gasteiger partial charge in [0.2, 0.25) is 0 Å². The molecule has 0 aliphatic heterocycles. The quantitative estimate of drug-likeness (QED) is 0.721. The maximum atomic E-state index is 13.5. The lowest BCUT2D eigenvalue weighted by atomic mass is 10.1. The highest BCUT2D eigenvalue weighted by atomic mass is 19.1. The molecule has 0 aliphatic rings. The van der Waals surface area contributed by atoms with Gasteiger partial charge in [-0.25, -0.2) is 9.18 Å². The third kappa shape index (κ3) is 5.95. The maximum absolute atomic E-state index is 13.5. The predicted molar refractivity (Wildman–Crippen MR) is 99.4 cm³/mol. The normalized spacial score (nSPS) is 10.3. The summed E-state index contributed by atoms with van der Waals surface area (Å²) >= 11 is 0. The van der Waals surface area contributed by atoms with Crippen molar-refractivity contribution in [3.8, 4) is 11.5 Å². The van der Waals surface area contributed by atoms with Crippen LogP contribution in [-0.2, 0) is 12.8 Å². The molecule has 5 nitrogen and oxygen atoms in total. The number of carbonyl (C=O) groups is 1. The third-order valence-corrected chi connectivity index (χ3v) is 3.86. The van der Waals surface area contributed by atoms with Crippen LogP contribution >= 0.6 is 0 Å². The Morgan fingerprint density at radius 3 is 2.46 bits per heavy atom. The number of ether oxygens (including phenoxy) is 2. The van der Waals surface area contributed by atoms with Gasteiger partial charge >= 0.3 is 6.03 Å². The van der Waals surface area contributed by atoms with Crippen LogP contribution in [-0.4, -0.2) is 32.8 Å². The number of hydrogen-bond donors (Lipinski definition) is 2. The Balaban J connectivity index is 1.72. The Hall–Kier alpha value is -2.76. The van der Waals surface area contributed by atoms with E-state index < -0.39 is 0 Å². The molecule has 2 aromatic rings. The van der Waals surface area contributed by atoms with Crippen molar-refractivity contribution in [1.29, 1.82) is 0 Å². The fraction of sp³-hybridized carbons (Fsp3) is 0.350. The number of benzene rings is 2. The summed E-state index contributed by atoms with van der Waals surface area (Å²) in [5, 5.41) is 5.53. The average molecular weight is 360 g/mol. The van der Waals surface area contributed by atoms with Gasteiger partial charge in [0, 0.05) is 13.1 Å². The number of carbonyl (C=O) groups excluding carboxylic acids is 1. The number of hydrogen-bond acceptors (Lipinski definition) is 3. The van der Waals surface area contributed by atoms with Gasteiger partial charge in [0.15, 0.2) is 11.5 Å². The van der Waals surface area contributed by atoms with Crippen LogP contribution in [0.15, 0.2) is 42.5 Å². The van der Waals surface area contributed by atoms with E-state index in [1.165, 1.54) is 6.07 Å². The summed E-state index contributed by atoms with van der Waals surface area (Å²) in [5.74, 6) is 1.13. The number of methoxy groups -OCH3 is 1. The summed E-state index contributed by atoms with van der Waals surface area (Å²) < 4.78 is 24.3. The maximum Gasteiger partial charge on any atom is 0.314 e. The van der Waals surface area contributed by atoms with E-state index in [0.29, 0.717) is 49.6 Å². The molecule has 0 spiro atoms. The van der Waals surface area contributed by atoms with E-state index in [0.717, 1.165) is 5.56 Å². The lowest BCUT2D eigenvalue weighted by Crippen LogP contribution is -2.37. The molecule has 0 radical (unpaired) electrons. The molecule has 2 N–H and O–H groups in total. The van der Waals surface area contributed by atoms with Crippen LogP contribution < -0.4 is 20.1 Å². The van der Waals surface area contributed by atoms with Gasteiger partial charge in [-0.1, -0.05) is 24.3 Å². The highest BCUT2D eigenvalue weighted by Crippen LogP contribution is 2.28. The molecule has 2 rings (SSSR count). The van der Waals surface area contributed by atoms with E-state index in [1.807, 2.05) is 25.1 Å². The van der Waals surface area contributed by atoms with Crippen LogP contribution in [0, 0.1) is 5.82 Å². The van der Waals surface area contributed by atoms with Crippen LogP contribution in [0.1, 0.15) is 18.1 Å². The van der Waals surface area contributed by atoms with Crippen molar-refractivity contribution >= 4 is 6.03 Å². The SMILES string of the molecule is CCOc1ccc(CCNC(=O)NCCc2ccccc2F)cc1OC. The number of rotatable bonds is 9. The topological polar surface area (TPSA) is 59.6 Å². The fourth-order valence-corrected chi connectivity index (χ4v) is 2.54. The molecule has 26 heavy (non-hydrogen) atoms. The van der Waals surface area contributed by atoms with Crippen molar-refractivity contribution in [1.82, 2.24) is 10.6 Å². The first kappa shape index (κ1) is 19.6. The summed E-state index contributed by atoms with van der Waals surface area (Å²) in [4.78, 5) is 11.8. The first-order chi connectivity index (χ1) is 12.6. The minimum absolute atomic E-state index is 0.251. The Kier molecular flexibility index (Phi) is 7.74. The van der Waals surface area contributed by atoms with E-state index >= 15 is 0 Å². The van der Waals surface area contributed by atoms with Gasteiger partial charge in [-0.15, -0.1) is 0 Å². The minimum atomic E-state index is -0.265. The lowest BCUT2D eigenvalue weighted by molar-refractivity contribution is 0.241. The van der Waals surface area contributed by atoms with Crippen LogP contribution in [0.5, 0.6) is 11.5 Å². The molecule has 2 aromatic carbocycles. The summed E-state index contributed by atoms with van der Waals surface area (Å²) in [5.41, 5.74) is 1.63. The van der Waals surface area contributed by atoms with Gasteiger partial charge in [0.1, 0.15) is 5.82 Å². The minimum Gasteiger partial charge on any atom is -0.493 e. The second-order valence-corrected chi connectivity index (χ2v) is 5.69. The van der Waals surface area contributed by atoms with Gasteiger partial charge in [0.05, 0.1) is 13.7 Å². The van der Waals surface area contributed by atoms with E-state index in [1.54, 1.807) is 25.3 Å². The van der Waals surface area contributed by atoms with E-state index in [4.69, 9.17) is 9.47 Å². The highest BCUT2D eigenvalue weighted by molar-refractivity contribution is 5.73. The molecule has 0 bridgehead atoms. The average Bonchev–Trinajstić information content (AvgIpc) is 2.64. The van der Waals surface area contributed by atoms with Crippen molar-refractivity contribution in [2.24, 2.45) is 0 Å². The number of urea groups is 1. The zero-order chi connectivity index (χ0) is 18.8. The standard InChI is InChI=1S/C20H25FN2O3/c1-3-26-18-9-8-15(14-19(18)25-2)10-12-22-20(24)23-13-11-16-6-4-5-7-17(16)21/h4-9,14H,3,10-13H2,1-2H3,(H2,22,23,24). The van der Waals surface area contributed by atoms with Crippen LogP contribution in [0.25, 0.3) is 0 Å². The van der Waals surface area contributed by atoms with E-state index in [2.05, 4.69) is 10.6 Å². The molecular formula is C20H25FN2O3. The van der Waals surface area contributed by atoms with Crippen molar-refractivity contribution < 1.29 is 18.7 Å². The third-order valence-electron chi connectivity index (χ3n) is 3.86. The summed E-state index contributed by atoms with van der Waals surface area (Å²) in [6.45, 7) is 3.36. The van der Waals surface area contributed by atoms with Crippen molar-refractivity contribution in [2.75, 3.05) is 26.8 Å². The van der Waals surface area contributed by atoms with Gasteiger partial charge in [-0.05, 0) is 49.1 Å². The molecule has 0 heterocycles. The van der Waals surface area contributed by atoms with Gasteiger partial charge in [-0.2, -0.15) is 0 Å². The summed E-state index contributed by atoms with van der Waals surface area (Å²) in [6.07, 6.45) is 1.12. The van der Waals surface area contributed by atoms with Gasteiger partial charge < -0.3 is 20.1 Å². The second-order valence-electron chi connectivity index (χ2n) is 5.69. The molecule has 2 amide bonds. The first-order valence-electron chi connectivity index (χ1n) is 8.68. The predicted octanol–water partition coefficient (Wildman–Crippen LogP) is 3.32. The molecule has 6 heteroatoms. The highest BCUT2D eigenvalue weighted by Gasteiger charge is 2.06. The van der Waals surface area contributed by atoms with E-state index in [9.17, 15) is 9.18 Å². The number of amides is 2. The number of halogens is 1. The first-order valence-corrected chi connectivity index (χ1v) is 8.68. The van der Waals surface area contributed by atoms with Crippen molar-refractivity contribution in [2.45, 2.75) is 19.8 Å².